The zero-order valence-electron chi connectivity index (χ0n) is 6.34. The van der Waals surface area contributed by atoms with Gasteiger partial charge in [-0.05, 0) is 19.9 Å². The number of rotatable bonds is 3. The topological polar surface area (TPSA) is 41.5 Å². The lowest BCUT2D eigenvalue weighted by Crippen LogP contribution is -2.40. The van der Waals surface area contributed by atoms with Crippen LogP contribution in [0, 0.1) is 0 Å². The Hall–Kier alpha value is -0.120. The molecule has 0 aromatic heterocycles. The largest absolute Gasteiger partial charge is 0.395 e. The molecule has 0 radical (unpaired) electrons. The van der Waals surface area contributed by atoms with Crippen molar-refractivity contribution in [1.29, 1.82) is 0 Å². The van der Waals surface area contributed by atoms with E-state index in [2.05, 4.69) is 5.32 Å². The van der Waals surface area contributed by atoms with Crippen LogP contribution in [0.1, 0.15) is 12.8 Å². The van der Waals surface area contributed by atoms with Gasteiger partial charge in [-0.1, -0.05) is 0 Å². The van der Waals surface area contributed by atoms with Crippen molar-refractivity contribution in [2.45, 2.75) is 25.0 Å². The third-order valence-corrected chi connectivity index (χ3v) is 1.98. The number of hydrogen-bond acceptors (Lipinski definition) is 3. The van der Waals surface area contributed by atoms with E-state index in [-0.39, 0.29) is 18.8 Å². The van der Waals surface area contributed by atoms with Crippen LogP contribution >= 0.6 is 0 Å². The van der Waals surface area contributed by atoms with Gasteiger partial charge in [-0.3, -0.25) is 0 Å². The van der Waals surface area contributed by atoms with Crippen LogP contribution in [0.2, 0.25) is 0 Å². The summed E-state index contributed by atoms with van der Waals surface area (Å²) in [4.78, 5) is 0. The molecule has 0 amide bonds. The minimum atomic E-state index is 0.127. The zero-order chi connectivity index (χ0) is 7.40. The fourth-order valence-corrected chi connectivity index (χ4v) is 1.31. The standard InChI is InChI=1S/C7H15NO2/c1-8-6(5-9)7-3-2-4-10-7/h6-9H,2-5H2,1H3. The van der Waals surface area contributed by atoms with Crippen molar-refractivity contribution >= 4 is 0 Å². The summed E-state index contributed by atoms with van der Waals surface area (Å²) in [6.45, 7) is 1.02. The summed E-state index contributed by atoms with van der Waals surface area (Å²) in [6, 6.07) is 0.127. The molecule has 1 heterocycles. The molecule has 2 N–H and O–H groups in total. The van der Waals surface area contributed by atoms with Crippen molar-refractivity contribution in [2.24, 2.45) is 0 Å². The van der Waals surface area contributed by atoms with Crippen LogP contribution in [0.3, 0.4) is 0 Å². The molecule has 10 heavy (non-hydrogen) atoms. The maximum Gasteiger partial charge on any atom is 0.0751 e. The third-order valence-electron chi connectivity index (χ3n) is 1.98. The second-order valence-corrected chi connectivity index (χ2v) is 2.63. The first-order valence-electron chi connectivity index (χ1n) is 3.78. The van der Waals surface area contributed by atoms with E-state index < -0.39 is 0 Å². The molecular formula is C7H15NO2. The van der Waals surface area contributed by atoms with Crippen molar-refractivity contribution in [3.05, 3.63) is 0 Å². The van der Waals surface area contributed by atoms with E-state index in [0.717, 1.165) is 19.4 Å². The number of hydrogen-bond donors (Lipinski definition) is 2. The Balaban J connectivity index is 2.29. The molecule has 1 rings (SSSR count). The van der Waals surface area contributed by atoms with Crippen LogP contribution in [-0.4, -0.2) is 37.5 Å². The van der Waals surface area contributed by atoms with Crippen LogP contribution in [0.15, 0.2) is 0 Å². The van der Waals surface area contributed by atoms with Crippen LogP contribution in [0.4, 0.5) is 0 Å². The molecule has 0 aromatic carbocycles. The number of aliphatic hydroxyl groups is 1. The monoisotopic (exact) mass is 145 g/mol. The molecule has 1 fully saturated rings. The van der Waals surface area contributed by atoms with E-state index >= 15 is 0 Å². The lowest BCUT2D eigenvalue weighted by atomic mass is 10.1. The van der Waals surface area contributed by atoms with E-state index in [9.17, 15) is 0 Å². The maximum absolute atomic E-state index is 8.84. The van der Waals surface area contributed by atoms with Crippen LogP contribution < -0.4 is 5.32 Å². The molecule has 60 valence electrons. The predicted octanol–water partition coefficient (Wildman–Crippen LogP) is -0.254. The van der Waals surface area contributed by atoms with Gasteiger partial charge in [0, 0.05) is 6.61 Å². The van der Waals surface area contributed by atoms with Crippen molar-refractivity contribution < 1.29 is 9.84 Å². The Morgan fingerprint density at radius 2 is 2.60 bits per heavy atom. The van der Waals surface area contributed by atoms with Gasteiger partial charge in [-0.2, -0.15) is 0 Å². The molecule has 2 atom stereocenters. The van der Waals surface area contributed by atoms with Crippen LogP contribution in [0.5, 0.6) is 0 Å². The smallest absolute Gasteiger partial charge is 0.0751 e. The first kappa shape index (κ1) is 7.98. The fourth-order valence-electron chi connectivity index (χ4n) is 1.31. The summed E-state index contributed by atoms with van der Waals surface area (Å²) >= 11 is 0. The molecular weight excluding hydrogens is 130 g/mol. The number of likely N-dealkylation sites (N-methyl/N-ethyl adjacent to an activating group) is 1. The Labute approximate surface area is 61.4 Å². The van der Waals surface area contributed by atoms with Crippen molar-refractivity contribution in [3.63, 3.8) is 0 Å². The Morgan fingerprint density at radius 3 is 3.00 bits per heavy atom. The molecule has 1 aliphatic rings. The molecule has 0 spiro atoms. The Bertz CT molecular complexity index is 87.6. The van der Waals surface area contributed by atoms with E-state index in [1.807, 2.05) is 7.05 Å². The lowest BCUT2D eigenvalue weighted by molar-refractivity contribution is 0.0585. The highest BCUT2D eigenvalue weighted by atomic mass is 16.5. The molecule has 1 aliphatic heterocycles. The summed E-state index contributed by atoms with van der Waals surface area (Å²) in [5.74, 6) is 0. The summed E-state index contributed by atoms with van der Waals surface area (Å²) in [5, 5.41) is 11.9. The predicted molar refractivity (Wildman–Crippen MR) is 38.9 cm³/mol. The maximum atomic E-state index is 8.84. The van der Waals surface area contributed by atoms with Crippen LogP contribution in [0.25, 0.3) is 0 Å². The Kier molecular flexibility index (Phi) is 3.12. The normalized spacial score (nSPS) is 28.8. The van der Waals surface area contributed by atoms with Crippen molar-refractivity contribution in [1.82, 2.24) is 5.32 Å². The number of aliphatic hydroxyl groups excluding tert-OH is 1. The number of ether oxygens (including phenoxy) is 1. The molecule has 0 aromatic rings. The minimum Gasteiger partial charge on any atom is -0.395 e. The van der Waals surface area contributed by atoms with Gasteiger partial charge in [0.2, 0.25) is 0 Å². The zero-order valence-corrected chi connectivity index (χ0v) is 6.34. The molecule has 0 aliphatic carbocycles. The molecule has 0 saturated carbocycles. The molecule has 3 nitrogen and oxygen atoms in total. The lowest BCUT2D eigenvalue weighted by Gasteiger charge is -2.19. The highest BCUT2D eigenvalue weighted by Gasteiger charge is 2.23. The van der Waals surface area contributed by atoms with E-state index in [1.165, 1.54) is 0 Å². The van der Waals surface area contributed by atoms with Crippen molar-refractivity contribution in [3.8, 4) is 0 Å². The average molecular weight is 145 g/mol. The van der Waals surface area contributed by atoms with Crippen LogP contribution in [-0.2, 0) is 4.74 Å². The van der Waals surface area contributed by atoms with Gasteiger partial charge in [0.15, 0.2) is 0 Å². The third kappa shape index (κ3) is 1.68. The SMILES string of the molecule is CNC(CO)C1CCCO1. The average Bonchev–Trinajstić information content (AvgIpc) is 2.43. The highest BCUT2D eigenvalue weighted by molar-refractivity contribution is 4.78. The van der Waals surface area contributed by atoms with Gasteiger partial charge in [0.05, 0.1) is 18.8 Å². The summed E-state index contributed by atoms with van der Waals surface area (Å²) in [5.41, 5.74) is 0. The Morgan fingerprint density at radius 1 is 1.80 bits per heavy atom. The van der Waals surface area contributed by atoms with E-state index in [4.69, 9.17) is 9.84 Å². The second kappa shape index (κ2) is 3.91. The molecule has 2 unspecified atom stereocenters. The fraction of sp³-hybridized carbons (Fsp3) is 1.00. The van der Waals surface area contributed by atoms with Crippen molar-refractivity contribution in [2.75, 3.05) is 20.3 Å². The first-order chi connectivity index (χ1) is 4.88. The van der Waals surface area contributed by atoms with Gasteiger partial charge < -0.3 is 15.2 Å². The molecule has 0 bridgehead atoms. The minimum absolute atomic E-state index is 0.127. The molecule has 3 heteroatoms. The second-order valence-electron chi connectivity index (χ2n) is 2.63. The highest BCUT2D eigenvalue weighted by Crippen LogP contribution is 2.14. The summed E-state index contributed by atoms with van der Waals surface area (Å²) < 4.78 is 5.37. The summed E-state index contributed by atoms with van der Waals surface area (Å²) in [6.07, 6.45) is 2.43. The quantitative estimate of drug-likeness (QED) is 0.575. The van der Waals surface area contributed by atoms with Gasteiger partial charge in [0.1, 0.15) is 0 Å². The number of nitrogens with one attached hydrogen (secondary N) is 1. The van der Waals surface area contributed by atoms with E-state index in [1.54, 1.807) is 0 Å². The first-order valence-corrected chi connectivity index (χ1v) is 3.78. The summed E-state index contributed by atoms with van der Waals surface area (Å²) in [7, 11) is 1.85. The molecule has 1 saturated heterocycles. The van der Waals surface area contributed by atoms with E-state index in [0.29, 0.717) is 0 Å². The van der Waals surface area contributed by atoms with Gasteiger partial charge in [-0.15, -0.1) is 0 Å². The van der Waals surface area contributed by atoms with Gasteiger partial charge >= 0.3 is 0 Å². The van der Waals surface area contributed by atoms with Gasteiger partial charge in [0.25, 0.3) is 0 Å². The van der Waals surface area contributed by atoms with Gasteiger partial charge in [-0.25, -0.2) is 0 Å².